The summed E-state index contributed by atoms with van der Waals surface area (Å²) >= 11 is 0. The molecule has 0 saturated carbocycles. The molecule has 1 amide bonds. The van der Waals surface area contributed by atoms with Gasteiger partial charge in [0.25, 0.3) is 5.91 Å². The number of carbonyl (C=O) groups excluding carboxylic acids is 2. The van der Waals surface area contributed by atoms with Gasteiger partial charge in [-0.25, -0.2) is 13.2 Å². The van der Waals surface area contributed by atoms with Gasteiger partial charge < -0.3 is 10.1 Å². The number of aryl methyl sites for hydroxylation is 1. The molecule has 0 fully saturated rings. The molecule has 0 unspecified atom stereocenters. The number of amides is 1. The molecule has 2 rings (SSSR count). The van der Waals surface area contributed by atoms with Gasteiger partial charge in [0.2, 0.25) is 10.0 Å². The van der Waals surface area contributed by atoms with Crippen molar-refractivity contribution in [2.75, 3.05) is 25.5 Å². The summed E-state index contributed by atoms with van der Waals surface area (Å²) < 4.78 is 31.7. The fourth-order valence-electron chi connectivity index (χ4n) is 3.01. The maximum Gasteiger partial charge on any atom is 0.338 e. The number of sulfonamides is 1. The number of anilines is 1. The first-order valence-corrected chi connectivity index (χ1v) is 10.7. The van der Waals surface area contributed by atoms with Gasteiger partial charge >= 0.3 is 5.97 Å². The maximum absolute atomic E-state index is 12.9. The lowest BCUT2D eigenvalue weighted by Crippen LogP contribution is -2.30. The molecule has 1 N–H and O–H groups in total. The standard InChI is InChI=1S/C21H26N2O5S/c1-6-23(7-2)29(26,27)16-12-11-14(3)18(13-16)20(24)22-19-10-8-9-17(15(19)4)21(25)28-5/h8-13H,6-7H2,1-5H3,(H,22,24). The van der Waals surface area contributed by atoms with E-state index in [2.05, 4.69) is 5.32 Å². The number of ether oxygens (including phenoxy) is 1. The zero-order valence-corrected chi connectivity index (χ0v) is 18.1. The third kappa shape index (κ3) is 4.65. The van der Waals surface area contributed by atoms with Gasteiger partial charge in [-0.05, 0) is 49.2 Å². The average molecular weight is 419 g/mol. The fraction of sp³-hybridized carbons (Fsp3) is 0.333. The Balaban J connectivity index is 2.42. The molecular formula is C21H26N2O5S. The Morgan fingerprint density at radius 3 is 2.28 bits per heavy atom. The quantitative estimate of drug-likeness (QED) is 0.696. The molecule has 0 spiro atoms. The van der Waals surface area contributed by atoms with E-state index in [1.54, 1.807) is 52.0 Å². The van der Waals surface area contributed by atoms with Crippen LogP contribution in [-0.2, 0) is 14.8 Å². The van der Waals surface area contributed by atoms with E-state index in [1.165, 1.54) is 23.5 Å². The van der Waals surface area contributed by atoms with Crippen molar-refractivity contribution in [3.8, 4) is 0 Å². The third-order valence-electron chi connectivity index (χ3n) is 4.78. The molecule has 0 bridgehead atoms. The molecule has 29 heavy (non-hydrogen) atoms. The van der Waals surface area contributed by atoms with E-state index in [9.17, 15) is 18.0 Å². The molecule has 0 aliphatic carbocycles. The van der Waals surface area contributed by atoms with Crippen LogP contribution in [0.1, 0.15) is 45.7 Å². The summed E-state index contributed by atoms with van der Waals surface area (Å²) in [6.45, 7) is 7.65. The summed E-state index contributed by atoms with van der Waals surface area (Å²) in [6, 6.07) is 9.43. The highest BCUT2D eigenvalue weighted by molar-refractivity contribution is 7.89. The van der Waals surface area contributed by atoms with Gasteiger partial charge in [0, 0.05) is 24.3 Å². The molecule has 8 heteroatoms. The van der Waals surface area contributed by atoms with Crippen LogP contribution in [0, 0.1) is 13.8 Å². The predicted molar refractivity (Wildman–Crippen MR) is 112 cm³/mol. The van der Waals surface area contributed by atoms with Crippen molar-refractivity contribution in [1.29, 1.82) is 0 Å². The predicted octanol–water partition coefficient (Wildman–Crippen LogP) is 3.37. The minimum Gasteiger partial charge on any atom is -0.465 e. The molecule has 0 saturated heterocycles. The molecule has 0 aromatic heterocycles. The van der Waals surface area contributed by atoms with Gasteiger partial charge in [-0.3, -0.25) is 4.79 Å². The Kier molecular flexibility index (Phi) is 7.16. The Hall–Kier alpha value is -2.71. The molecule has 2 aromatic carbocycles. The van der Waals surface area contributed by atoms with Crippen LogP contribution in [0.2, 0.25) is 0 Å². The topological polar surface area (TPSA) is 92.8 Å². The van der Waals surface area contributed by atoms with Gasteiger partial charge in [-0.15, -0.1) is 0 Å². The van der Waals surface area contributed by atoms with Gasteiger partial charge in [-0.2, -0.15) is 4.31 Å². The van der Waals surface area contributed by atoms with E-state index < -0.39 is 21.9 Å². The SMILES string of the molecule is CCN(CC)S(=O)(=O)c1ccc(C)c(C(=O)Nc2cccc(C(=O)OC)c2C)c1. The van der Waals surface area contributed by atoms with Gasteiger partial charge in [0.05, 0.1) is 17.6 Å². The van der Waals surface area contributed by atoms with Crippen molar-refractivity contribution in [2.45, 2.75) is 32.6 Å². The molecule has 0 aliphatic heterocycles. The second-order valence-corrected chi connectivity index (χ2v) is 8.43. The Bertz CT molecular complexity index is 1030. The van der Waals surface area contributed by atoms with Crippen LogP contribution in [0.3, 0.4) is 0 Å². The average Bonchev–Trinajstić information content (AvgIpc) is 2.69. The number of carbonyl (C=O) groups is 2. The number of rotatable bonds is 7. The van der Waals surface area contributed by atoms with Crippen LogP contribution in [0.4, 0.5) is 5.69 Å². The van der Waals surface area contributed by atoms with Crippen molar-refractivity contribution in [3.05, 3.63) is 58.7 Å². The number of methoxy groups -OCH3 is 1. The van der Waals surface area contributed by atoms with Crippen LogP contribution in [0.15, 0.2) is 41.3 Å². The molecular weight excluding hydrogens is 392 g/mol. The molecule has 0 aliphatic rings. The van der Waals surface area contributed by atoms with Gasteiger partial charge in [-0.1, -0.05) is 26.0 Å². The minimum atomic E-state index is -3.68. The highest BCUT2D eigenvalue weighted by Gasteiger charge is 2.24. The van der Waals surface area contributed by atoms with Gasteiger partial charge in [0.15, 0.2) is 0 Å². The number of hydrogen-bond acceptors (Lipinski definition) is 5. The Morgan fingerprint density at radius 1 is 1.03 bits per heavy atom. The van der Waals surface area contributed by atoms with Crippen LogP contribution in [0.5, 0.6) is 0 Å². The molecule has 0 radical (unpaired) electrons. The van der Waals surface area contributed by atoms with Crippen molar-refractivity contribution in [3.63, 3.8) is 0 Å². The summed E-state index contributed by atoms with van der Waals surface area (Å²) in [5.74, 6) is -0.952. The highest BCUT2D eigenvalue weighted by atomic mass is 32.2. The molecule has 0 atom stereocenters. The second kappa shape index (κ2) is 9.19. The van der Waals surface area contributed by atoms with Gasteiger partial charge in [0.1, 0.15) is 0 Å². The van der Waals surface area contributed by atoms with Crippen LogP contribution in [-0.4, -0.2) is 44.8 Å². The van der Waals surface area contributed by atoms with Crippen LogP contribution < -0.4 is 5.32 Å². The first-order chi connectivity index (χ1) is 13.7. The van der Waals surface area contributed by atoms with E-state index in [0.717, 1.165) is 0 Å². The number of benzene rings is 2. The lowest BCUT2D eigenvalue weighted by Gasteiger charge is -2.19. The van der Waals surface area contributed by atoms with E-state index in [4.69, 9.17) is 4.74 Å². The van der Waals surface area contributed by atoms with Crippen molar-refractivity contribution in [1.82, 2.24) is 4.31 Å². The number of hydrogen-bond donors (Lipinski definition) is 1. The largest absolute Gasteiger partial charge is 0.465 e. The summed E-state index contributed by atoms with van der Waals surface area (Å²) in [5, 5.41) is 2.77. The zero-order chi connectivity index (χ0) is 21.8. The minimum absolute atomic E-state index is 0.0667. The molecule has 156 valence electrons. The lowest BCUT2D eigenvalue weighted by atomic mass is 10.1. The van der Waals surface area contributed by atoms with Crippen molar-refractivity contribution < 1.29 is 22.7 Å². The molecule has 7 nitrogen and oxygen atoms in total. The first kappa shape index (κ1) is 22.6. The van der Waals surface area contributed by atoms with Crippen molar-refractivity contribution >= 4 is 27.6 Å². The maximum atomic E-state index is 12.9. The van der Waals surface area contributed by atoms with Crippen LogP contribution in [0.25, 0.3) is 0 Å². The van der Waals surface area contributed by atoms with E-state index in [0.29, 0.717) is 35.5 Å². The second-order valence-electron chi connectivity index (χ2n) is 6.49. The summed E-state index contributed by atoms with van der Waals surface area (Å²) in [4.78, 5) is 24.8. The van der Waals surface area contributed by atoms with E-state index in [-0.39, 0.29) is 10.5 Å². The smallest absolute Gasteiger partial charge is 0.338 e. The summed E-state index contributed by atoms with van der Waals surface area (Å²) in [7, 11) is -2.39. The van der Waals surface area contributed by atoms with Crippen molar-refractivity contribution in [2.24, 2.45) is 0 Å². The Labute approximate surface area is 171 Å². The fourth-order valence-corrected chi connectivity index (χ4v) is 4.50. The number of nitrogens with zero attached hydrogens (tertiary/aromatic N) is 1. The third-order valence-corrected chi connectivity index (χ3v) is 6.83. The lowest BCUT2D eigenvalue weighted by molar-refractivity contribution is 0.0599. The number of nitrogens with one attached hydrogen (secondary N) is 1. The summed E-state index contributed by atoms with van der Waals surface area (Å²) in [5.41, 5.74) is 2.26. The first-order valence-electron chi connectivity index (χ1n) is 9.27. The monoisotopic (exact) mass is 418 g/mol. The number of esters is 1. The highest BCUT2D eigenvalue weighted by Crippen LogP contribution is 2.23. The van der Waals surface area contributed by atoms with Crippen LogP contribution >= 0.6 is 0 Å². The Morgan fingerprint density at radius 2 is 1.69 bits per heavy atom. The molecule has 0 heterocycles. The zero-order valence-electron chi connectivity index (χ0n) is 17.3. The van der Waals surface area contributed by atoms with E-state index in [1.807, 2.05) is 0 Å². The normalized spacial score (nSPS) is 11.4. The molecule has 2 aromatic rings. The van der Waals surface area contributed by atoms with E-state index >= 15 is 0 Å². The summed E-state index contributed by atoms with van der Waals surface area (Å²) in [6.07, 6.45) is 0.